The highest BCUT2D eigenvalue weighted by atomic mass is 16.8. The van der Waals surface area contributed by atoms with E-state index >= 15 is 0 Å². The summed E-state index contributed by atoms with van der Waals surface area (Å²) >= 11 is 0. The maximum Gasteiger partial charge on any atom is 0.169 e. The summed E-state index contributed by atoms with van der Waals surface area (Å²) in [5.41, 5.74) is 0. The van der Waals surface area contributed by atoms with E-state index < -0.39 is 0 Å². The molecule has 2 aliphatic rings. The van der Waals surface area contributed by atoms with Crippen LogP contribution >= 0.6 is 0 Å². The summed E-state index contributed by atoms with van der Waals surface area (Å²) < 4.78 is 19.5. The molecule has 0 radical (unpaired) electrons. The van der Waals surface area contributed by atoms with Crippen LogP contribution in [0.2, 0.25) is 0 Å². The Balaban J connectivity index is 1.56. The Morgan fingerprint density at radius 3 is 1.52 bits per heavy atom. The lowest BCUT2D eigenvalue weighted by atomic mass is 9.98. The van der Waals surface area contributed by atoms with E-state index in [0.717, 1.165) is 44.9 Å². The largest absolute Gasteiger partial charge is 0.381 e. The van der Waals surface area contributed by atoms with E-state index in [4.69, 9.17) is 14.2 Å². The van der Waals surface area contributed by atoms with Crippen LogP contribution < -0.4 is 0 Å². The molecule has 0 amide bonds. The van der Waals surface area contributed by atoms with Crippen LogP contribution in [0, 0.1) is 5.92 Å². The third-order valence-corrected chi connectivity index (χ3v) is 10.1. The number of ether oxygens (including phenoxy) is 3. The Labute approximate surface area is 287 Å². The van der Waals surface area contributed by atoms with Gasteiger partial charge in [-0.2, -0.15) is 0 Å². The summed E-state index contributed by atoms with van der Waals surface area (Å²) in [6.45, 7) is 7.59. The van der Waals surface area contributed by atoms with Crippen molar-refractivity contribution in [3.63, 3.8) is 0 Å². The fraction of sp³-hybridized carbons (Fsp3) is 0.905. The topological polar surface area (TPSA) is 30.9 Å². The lowest BCUT2D eigenvalue weighted by molar-refractivity contribution is -0.193. The van der Waals surface area contributed by atoms with Crippen molar-refractivity contribution in [2.75, 3.05) is 33.9 Å². The molecular weight excluding hydrogens is 566 g/mol. The van der Waals surface area contributed by atoms with E-state index in [1.807, 2.05) is 0 Å². The zero-order chi connectivity index (χ0) is 33.0. The predicted molar refractivity (Wildman–Crippen MR) is 200 cm³/mol. The molecule has 0 aromatic carbocycles. The average molecular weight is 646 g/mol. The first-order chi connectivity index (χ1) is 22.6. The highest BCUT2D eigenvalue weighted by Crippen LogP contribution is 2.45. The molecule has 1 aliphatic heterocycles. The summed E-state index contributed by atoms with van der Waals surface area (Å²) in [4.78, 5) is 2.32. The minimum absolute atomic E-state index is 0.301. The number of nitrogens with zero attached hydrogens (tertiary/aromatic N) is 1. The molecule has 1 saturated carbocycles. The van der Waals surface area contributed by atoms with Gasteiger partial charge in [0.2, 0.25) is 0 Å². The molecule has 1 unspecified atom stereocenters. The van der Waals surface area contributed by atoms with Crippen LogP contribution in [-0.2, 0) is 14.2 Å². The van der Waals surface area contributed by atoms with Gasteiger partial charge in [0.05, 0.1) is 12.2 Å². The van der Waals surface area contributed by atoms with E-state index in [2.05, 4.69) is 57.1 Å². The normalized spacial score (nSPS) is 23.1. The molecule has 46 heavy (non-hydrogen) atoms. The second-order valence-corrected chi connectivity index (χ2v) is 15.1. The Kier molecular flexibility index (Phi) is 25.4. The lowest BCUT2D eigenvalue weighted by Crippen LogP contribution is -2.33. The number of fused-ring (bicyclic) bond motifs is 1. The number of unbranched alkanes of at least 4 members (excludes halogenated alkanes) is 18. The van der Waals surface area contributed by atoms with Gasteiger partial charge in [0.15, 0.2) is 5.79 Å². The van der Waals surface area contributed by atoms with Crippen molar-refractivity contribution in [3.8, 4) is 0 Å². The highest BCUT2D eigenvalue weighted by molar-refractivity contribution is 4.95. The van der Waals surface area contributed by atoms with Gasteiger partial charge >= 0.3 is 0 Å². The zero-order valence-electron chi connectivity index (χ0n) is 31.4. The molecule has 4 atom stereocenters. The summed E-state index contributed by atoms with van der Waals surface area (Å²) in [5.74, 6) is 0.419. The van der Waals surface area contributed by atoms with Gasteiger partial charge in [-0.05, 0) is 90.6 Å². The second kappa shape index (κ2) is 28.2. The third kappa shape index (κ3) is 20.6. The van der Waals surface area contributed by atoms with Gasteiger partial charge in [-0.3, -0.25) is 0 Å². The van der Waals surface area contributed by atoms with Crippen LogP contribution in [0.15, 0.2) is 24.3 Å². The first kappa shape index (κ1) is 41.5. The molecule has 1 saturated heterocycles. The molecule has 2 fully saturated rings. The van der Waals surface area contributed by atoms with Gasteiger partial charge in [-0.1, -0.05) is 128 Å². The molecular formula is C42H79NO3. The van der Waals surface area contributed by atoms with Crippen molar-refractivity contribution in [1.82, 2.24) is 4.90 Å². The van der Waals surface area contributed by atoms with Crippen LogP contribution in [0.3, 0.4) is 0 Å². The number of rotatable bonds is 32. The van der Waals surface area contributed by atoms with Crippen LogP contribution in [0.4, 0.5) is 0 Å². The minimum atomic E-state index is -0.301. The SMILES string of the molecule is CCCCC/C=C\C/C=C\CCCCCCCC[C@]1(CCCCCCCCCCOCCCCC)OC2C[C@H](CN(C)C)C[C@@H]2O1. The van der Waals surface area contributed by atoms with Crippen LogP contribution in [0.5, 0.6) is 0 Å². The van der Waals surface area contributed by atoms with E-state index in [1.165, 1.54) is 154 Å². The predicted octanol–water partition coefficient (Wildman–Crippen LogP) is 12.4. The molecule has 1 heterocycles. The van der Waals surface area contributed by atoms with Gasteiger partial charge in [-0.15, -0.1) is 0 Å². The molecule has 0 aromatic rings. The minimum Gasteiger partial charge on any atom is -0.381 e. The van der Waals surface area contributed by atoms with Crippen molar-refractivity contribution in [2.45, 2.75) is 205 Å². The number of hydrogen-bond donors (Lipinski definition) is 0. The Morgan fingerprint density at radius 1 is 0.565 bits per heavy atom. The molecule has 0 bridgehead atoms. The lowest BCUT2D eigenvalue weighted by Gasteiger charge is -2.30. The Morgan fingerprint density at radius 2 is 1.00 bits per heavy atom. The quantitative estimate of drug-likeness (QED) is 0.0538. The van der Waals surface area contributed by atoms with Gasteiger partial charge in [0, 0.05) is 32.6 Å². The summed E-state index contributed by atoms with van der Waals surface area (Å²) in [7, 11) is 4.38. The smallest absolute Gasteiger partial charge is 0.169 e. The Bertz CT molecular complexity index is 720. The van der Waals surface area contributed by atoms with E-state index in [0.29, 0.717) is 12.2 Å². The molecule has 270 valence electrons. The maximum absolute atomic E-state index is 6.86. The van der Waals surface area contributed by atoms with Crippen LogP contribution in [0.25, 0.3) is 0 Å². The average Bonchev–Trinajstić information content (AvgIpc) is 3.55. The van der Waals surface area contributed by atoms with Crippen LogP contribution in [0.1, 0.15) is 187 Å². The highest BCUT2D eigenvalue weighted by Gasteiger charge is 2.50. The van der Waals surface area contributed by atoms with Crippen molar-refractivity contribution in [3.05, 3.63) is 24.3 Å². The third-order valence-electron chi connectivity index (χ3n) is 10.1. The standard InChI is InChI=1S/C42H79NO3/c1-5-7-9-10-11-12-13-14-15-16-17-18-19-22-25-28-32-42(45-40-36-39(38-43(3)4)37-41(40)46-42)33-29-26-23-20-21-24-27-31-35-44-34-30-8-6-2/h11-12,14-15,39-41H,5-10,13,16-38H2,1-4H3/b12-11-,15-14-/t39-,40+,41?,42-/m1/s1. The fourth-order valence-electron chi connectivity index (χ4n) is 7.51. The molecule has 4 nitrogen and oxygen atoms in total. The Hall–Kier alpha value is -0.680. The fourth-order valence-corrected chi connectivity index (χ4v) is 7.51. The van der Waals surface area contributed by atoms with Crippen molar-refractivity contribution in [2.24, 2.45) is 5.92 Å². The maximum atomic E-state index is 6.86. The van der Waals surface area contributed by atoms with Gasteiger partial charge in [0.25, 0.3) is 0 Å². The van der Waals surface area contributed by atoms with Gasteiger partial charge in [-0.25, -0.2) is 0 Å². The molecule has 0 aromatic heterocycles. The first-order valence-electron chi connectivity index (χ1n) is 20.5. The zero-order valence-corrected chi connectivity index (χ0v) is 31.4. The summed E-state index contributed by atoms with van der Waals surface area (Å²) in [5, 5.41) is 0. The van der Waals surface area contributed by atoms with Crippen LogP contribution in [-0.4, -0.2) is 56.7 Å². The molecule has 2 rings (SSSR count). The van der Waals surface area contributed by atoms with E-state index in [9.17, 15) is 0 Å². The number of allylic oxidation sites excluding steroid dienone is 4. The summed E-state index contributed by atoms with van der Waals surface area (Å²) in [6.07, 6.45) is 44.6. The van der Waals surface area contributed by atoms with Crippen molar-refractivity contribution in [1.29, 1.82) is 0 Å². The molecule has 1 aliphatic carbocycles. The van der Waals surface area contributed by atoms with Gasteiger partial charge in [0.1, 0.15) is 0 Å². The van der Waals surface area contributed by atoms with E-state index in [-0.39, 0.29) is 5.79 Å². The van der Waals surface area contributed by atoms with Gasteiger partial charge < -0.3 is 19.1 Å². The number of hydrogen-bond acceptors (Lipinski definition) is 4. The van der Waals surface area contributed by atoms with Crippen molar-refractivity contribution >= 4 is 0 Å². The second-order valence-electron chi connectivity index (χ2n) is 15.1. The molecule has 0 N–H and O–H groups in total. The molecule has 4 heteroatoms. The molecule has 0 spiro atoms. The first-order valence-corrected chi connectivity index (χ1v) is 20.5. The van der Waals surface area contributed by atoms with E-state index in [1.54, 1.807) is 0 Å². The van der Waals surface area contributed by atoms with Crippen molar-refractivity contribution < 1.29 is 14.2 Å². The monoisotopic (exact) mass is 646 g/mol. The summed E-state index contributed by atoms with van der Waals surface area (Å²) in [6, 6.07) is 0.